The molecule has 0 spiro atoms. The number of hydrogen-bond donors (Lipinski definition) is 0. The number of carbonyl (C=O) groups excluding carboxylic acids is 1. The first-order valence-electron chi connectivity index (χ1n) is 7.80. The molecule has 0 fully saturated rings. The number of esters is 1. The number of fused-ring (bicyclic) bond motifs is 1. The van der Waals surface area contributed by atoms with E-state index in [-0.39, 0.29) is 29.9 Å². The van der Waals surface area contributed by atoms with E-state index < -0.39 is 0 Å². The van der Waals surface area contributed by atoms with Gasteiger partial charge in [-0.3, -0.25) is 0 Å². The lowest BCUT2D eigenvalue weighted by Crippen LogP contribution is -3.00. The highest BCUT2D eigenvalue weighted by Crippen LogP contribution is 2.19. The second-order valence-electron chi connectivity index (χ2n) is 5.59. The predicted octanol–water partition coefficient (Wildman–Crippen LogP) is 0.914. The van der Waals surface area contributed by atoms with Crippen molar-refractivity contribution in [1.82, 2.24) is 0 Å². The number of halogens is 1. The molecule has 0 radical (unpaired) electrons. The molecule has 24 heavy (non-hydrogen) atoms. The van der Waals surface area contributed by atoms with Gasteiger partial charge in [-0.1, -0.05) is 35.9 Å². The summed E-state index contributed by atoms with van der Waals surface area (Å²) in [5.41, 5.74) is 3.72. The van der Waals surface area contributed by atoms with E-state index in [1.807, 2.05) is 73.9 Å². The number of aromatic nitrogens is 1. The highest BCUT2D eigenvalue weighted by Gasteiger charge is 2.26. The maximum Gasteiger partial charge on any atom is 0.404 e. The Kier molecular flexibility index (Phi) is 5.94. The SMILES string of the molecule is CCOC(=O)c1cc2ccccc2c(C)[n+]1-c1ccc(C)cc1.[I-]. The standard InChI is InChI=1S/C20H20NO2.HI/c1-4-23-20(22)19-13-16-7-5-6-8-18(16)15(3)21(19)17-11-9-14(2)10-12-17;/h5-13H,4H2,1-3H3;1H/q+1;/p-1. The minimum atomic E-state index is -0.304. The van der Waals surface area contributed by atoms with E-state index in [0.29, 0.717) is 12.3 Å². The summed E-state index contributed by atoms with van der Waals surface area (Å²) >= 11 is 0. The van der Waals surface area contributed by atoms with E-state index in [0.717, 1.165) is 22.2 Å². The van der Waals surface area contributed by atoms with Crippen LogP contribution in [0.5, 0.6) is 0 Å². The lowest BCUT2D eigenvalue weighted by Gasteiger charge is -2.09. The van der Waals surface area contributed by atoms with E-state index in [4.69, 9.17) is 4.74 Å². The van der Waals surface area contributed by atoms with Crippen molar-refractivity contribution in [3.05, 3.63) is 71.5 Å². The molecule has 124 valence electrons. The van der Waals surface area contributed by atoms with Gasteiger partial charge >= 0.3 is 5.97 Å². The molecule has 0 bridgehead atoms. The number of pyridine rings is 1. The van der Waals surface area contributed by atoms with Crippen LogP contribution in [-0.4, -0.2) is 12.6 Å². The van der Waals surface area contributed by atoms with Crippen molar-refractivity contribution in [2.45, 2.75) is 20.8 Å². The third kappa shape index (κ3) is 3.43. The number of aryl methyl sites for hydroxylation is 2. The minimum Gasteiger partial charge on any atom is -1.00 e. The Morgan fingerprint density at radius 1 is 1.04 bits per heavy atom. The molecule has 0 N–H and O–H groups in total. The van der Waals surface area contributed by atoms with Gasteiger partial charge in [0.25, 0.3) is 5.69 Å². The largest absolute Gasteiger partial charge is 1.00 e. The van der Waals surface area contributed by atoms with Gasteiger partial charge in [-0.05, 0) is 25.3 Å². The van der Waals surface area contributed by atoms with Gasteiger partial charge in [-0.15, -0.1) is 0 Å². The minimum absolute atomic E-state index is 0. The Bertz CT molecular complexity index is 873. The molecule has 0 saturated carbocycles. The summed E-state index contributed by atoms with van der Waals surface area (Å²) in [7, 11) is 0. The molecule has 0 unspecified atom stereocenters. The topological polar surface area (TPSA) is 30.2 Å². The van der Waals surface area contributed by atoms with Crippen LogP contribution in [0.1, 0.15) is 28.7 Å². The summed E-state index contributed by atoms with van der Waals surface area (Å²) in [5.74, 6) is -0.304. The number of ether oxygens (including phenoxy) is 1. The third-order valence-electron chi connectivity index (χ3n) is 4.00. The number of rotatable bonds is 3. The average Bonchev–Trinajstić information content (AvgIpc) is 2.56. The van der Waals surface area contributed by atoms with Crippen molar-refractivity contribution in [3.63, 3.8) is 0 Å². The van der Waals surface area contributed by atoms with E-state index in [2.05, 4.69) is 6.07 Å². The first-order chi connectivity index (χ1) is 11.1. The van der Waals surface area contributed by atoms with Crippen LogP contribution in [0.4, 0.5) is 0 Å². The molecule has 3 aromatic rings. The Morgan fingerprint density at radius 3 is 2.38 bits per heavy atom. The van der Waals surface area contributed by atoms with E-state index >= 15 is 0 Å². The van der Waals surface area contributed by atoms with Gasteiger partial charge in [-0.2, -0.15) is 4.57 Å². The van der Waals surface area contributed by atoms with Crippen LogP contribution in [0.25, 0.3) is 16.5 Å². The quantitative estimate of drug-likeness (QED) is 0.350. The summed E-state index contributed by atoms with van der Waals surface area (Å²) in [4.78, 5) is 12.5. The van der Waals surface area contributed by atoms with Gasteiger partial charge in [0.1, 0.15) is 0 Å². The van der Waals surface area contributed by atoms with E-state index in [9.17, 15) is 4.79 Å². The molecule has 0 saturated heterocycles. The lowest BCUT2D eigenvalue weighted by molar-refractivity contribution is -0.604. The van der Waals surface area contributed by atoms with Gasteiger partial charge in [0.05, 0.1) is 6.61 Å². The summed E-state index contributed by atoms with van der Waals surface area (Å²) in [6.45, 7) is 6.26. The van der Waals surface area contributed by atoms with Crippen molar-refractivity contribution in [2.75, 3.05) is 6.61 Å². The van der Waals surface area contributed by atoms with Crippen molar-refractivity contribution in [1.29, 1.82) is 0 Å². The van der Waals surface area contributed by atoms with Gasteiger partial charge in [0.2, 0.25) is 5.69 Å². The zero-order valence-corrected chi connectivity index (χ0v) is 16.2. The number of hydrogen-bond acceptors (Lipinski definition) is 2. The monoisotopic (exact) mass is 433 g/mol. The zero-order chi connectivity index (χ0) is 16.4. The first-order valence-corrected chi connectivity index (χ1v) is 7.80. The van der Waals surface area contributed by atoms with E-state index in [1.165, 1.54) is 5.56 Å². The highest BCUT2D eigenvalue weighted by atomic mass is 127. The van der Waals surface area contributed by atoms with Crippen LogP contribution in [-0.2, 0) is 4.74 Å². The van der Waals surface area contributed by atoms with Crippen molar-refractivity contribution in [2.24, 2.45) is 0 Å². The van der Waals surface area contributed by atoms with E-state index in [1.54, 1.807) is 0 Å². The second-order valence-corrected chi connectivity index (χ2v) is 5.59. The maximum absolute atomic E-state index is 12.5. The van der Waals surface area contributed by atoms with Crippen molar-refractivity contribution >= 4 is 16.7 Å². The molecular formula is C20H20INO2. The fraction of sp³-hybridized carbons (Fsp3) is 0.200. The maximum atomic E-state index is 12.5. The Hall–Kier alpha value is -1.95. The molecule has 0 aliphatic heterocycles. The summed E-state index contributed by atoms with van der Waals surface area (Å²) in [6, 6.07) is 18.1. The van der Waals surface area contributed by atoms with Crippen molar-refractivity contribution in [3.8, 4) is 5.69 Å². The molecule has 2 aromatic carbocycles. The predicted molar refractivity (Wildman–Crippen MR) is 90.9 cm³/mol. The average molecular weight is 433 g/mol. The van der Waals surface area contributed by atoms with Crippen molar-refractivity contribution < 1.29 is 38.1 Å². The molecule has 3 rings (SSSR count). The van der Waals surface area contributed by atoms with Gasteiger partial charge in [0.15, 0.2) is 5.69 Å². The van der Waals surface area contributed by atoms with Gasteiger partial charge in [0, 0.05) is 30.5 Å². The second kappa shape index (κ2) is 7.75. The summed E-state index contributed by atoms with van der Waals surface area (Å²) in [5, 5.41) is 2.16. The lowest BCUT2D eigenvalue weighted by atomic mass is 10.1. The molecule has 0 aliphatic carbocycles. The van der Waals surface area contributed by atoms with Crippen LogP contribution in [0, 0.1) is 13.8 Å². The Morgan fingerprint density at radius 2 is 1.71 bits per heavy atom. The molecule has 1 aromatic heterocycles. The Labute approximate surface area is 159 Å². The van der Waals surface area contributed by atoms with Crippen LogP contribution < -0.4 is 28.5 Å². The molecule has 3 nitrogen and oxygen atoms in total. The highest BCUT2D eigenvalue weighted by molar-refractivity contribution is 5.92. The molecule has 0 amide bonds. The van der Waals surface area contributed by atoms with Crippen LogP contribution in [0.3, 0.4) is 0 Å². The summed E-state index contributed by atoms with van der Waals surface area (Å²) in [6.07, 6.45) is 0. The Balaban J connectivity index is 0.00000208. The third-order valence-corrected chi connectivity index (χ3v) is 4.00. The van der Waals surface area contributed by atoms with Crippen LogP contribution >= 0.6 is 0 Å². The zero-order valence-electron chi connectivity index (χ0n) is 14.0. The molecule has 1 heterocycles. The fourth-order valence-electron chi connectivity index (χ4n) is 2.85. The first kappa shape index (κ1) is 18.4. The number of nitrogens with zero attached hydrogens (tertiary/aromatic N) is 1. The summed E-state index contributed by atoms with van der Waals surface area (Å²) < 4.78 is 7.23. The number of benzene rings is 2. The molecular weight excluding hydrogens is 413 g/mol. The van der Waals surface area contributed by atoms with Crippen LogP contribution in [0.2, 0.25) is 0 Å². The molecule has 0 atom stereocenters. The number of carbonyl (C=O) groups is 1. The fourth-order valence-corrected chi connectivity index (χ4v) is 2.85. The van der Waals surface area contributed by atoms with Crippen LogP contribution in [0.15, 0.2) is 54.6 Å². The van der Waals surface area contributed by atoms with Gasteiger partial charge < -0.3 is 28.7 Å². The smallest absolute Gasteiger partial charge is 0.404 e. The molecule has 0 aliphatic rings. The molecule has 4 heteroatoms. The van der Waals surface area contributed by atoms with Gasteiger partial charge in [-0.25, -0.2) is 4.79 Å². The normalized spacial score (nSPS) is 10.3.